The molecule has 0 unspecified atom stereocenters. The smallest absolute Gasteiger partial charge is 0.230 e. The fourth-order valence-electron chi connectivity index (χ4n) is 2.03. The molecule has 2 rings (SSSR count). The molecule has 18 heavy (non-hydrogen) atoms. The van der Waals surface area contributed by atoms with E-state index in [0.717, 1.165) is 12.8 Å². The van der Waals surface area contributed by atoms with Crippen LogP contribution in [0.4, 0.5) is 0 Å². The third kappa shape index (κ3) is 3.50. The molecule has 1 aliphatic heterocycles. The number of piperidine rings is 1. The zero-order chi connectivity index (χ0) is 13.2. The summed E-state index contributed by atoms with van der Waals surface area (Å²) in [6.07, 6.45) is 2.86. The first-order valence-electron chi connectivity index (χ1n) is 5.92. The number of hydrogen-bond acceptors (Lipinski definition) is 6. The third-order valence-corrected chi connectivity index (χ3v) is 4.34. The lowest BCUT2D eigenvalue weighted by atomic mass is 10.1. The quantitative estimate of drug-likeness (QED) is 0.824. The van der Waals surface area contributed by atoms with Crippen LogP contribution in [0.3, 0.4) is 0 Å². The van der Waals surface area contributed by atoms with Gasteiger partial charge in [0.05, 0.1) is 12.8 Å². The van der Waals surface area contributed by atoms with Crippen molar-refractivity contribution >= 4 is 10.0 Å². The van der Waals surface area contributed by atoms with Crippen LogP contribution in [0.2, 0.25) is 0 Å². The van der Waals surface area contributed by atoms with E-state index >= 15 is 0 Å². The molecule has 0 radical (unpaired) electrons. The SMILES string of the molecule is Cc1nnc(CNC2CCN(S(C)(=O)=O)CC2)o1. The number of aryl methyl sites for hydroxylation is 1. The van der Waals surface area contributed by atoms with E-state index in [-0.39, 0.29) is 0 Å². The Kier molecular flexibility index (Phi) is 3.98. The summed E-state index contributed by atoms with van der Waals surface area (Å²) in [6.45, 7) is 3.42. The Bertz CT molecular complexity index is 491. The molecule has 1 aliphatic rings. The van der Waals surface area contributed by atoms with Gasteiger partial charge in [-0.05, 0) is 12.8 Å². The molecule has 1 aromatic heterocycles. The van der Waals surface area contributed by atoms with Gasteiger partial charge >= 0.3 is 0 Å². The zero-order valence-electron chi connectivity index (χ0n) is 10.6. The number of hydrogen-bond donors (Lipinski definition) is 1. The van der Waals surface area contributed by atoms with Crippen molar-refractivity contribution in [3.8, 4) is 0 Å². The molecule has 0 atom stereocenters. The van der Waals surface area contributed by atoms with Crippen molar-refractivity contribution in [3.05, 3.63) is 11.8 Å². The molecule has 0 spiro atoms. The normalized spacial score (nSPS) is 19.2. The van der Waals surface area contributed by atoms with E-state index in [9.17, 15) is 8.42 Å². The summed E-state index contributed by atoms with van der Waals surface area (Å²) in [7, 11) is -3.05. The van der Waals surface area contributed by atoms with Crippen molar-refractivity contribution in [2.45, 2.75) is 32.4 Å². The van der Waals surface area contributed by atoms with Gasteiger partial charge in [0.1, 0.15) is 0 Å². The van der Waals surface area contributed by atoms with Crippen molar-refractivity contribution in [3.63, 3.8) is 0 Å². The summed E-state index contributed by atoms with van der Waals surface area (Å²) in [6, 6.07) is 0.301. The first-order chi connectivity index (χ1) is 8.45. The average molecular weight is 274 g/mol. The monoisotopic (exact) mass is 274 g/mol. The second-order valence-corrected chi connectivity index (χ2v) is 6.51. The Balaban J connectivity index is 1.77. The van der Waals surface area contributed by atoms with Crippen molar-refractivity contribution in [1.82, 2.24) is 19.8 Å². The van der Waals surface area contributed by atoms with Crippen LogP contribution >= 0.6 is 0 Å². The predicted octanol–water partition coefficient (Wildman–Crippen LogP) is -0.108. The molecule has 102 valence electrons. The van der Waals surface area contributed by atoms with E-state index in [2.05, 4.69) is 15.5 Å². The minimum atomic E-state index is -3.05. The van der Waals surface area contributed by atoms with Crippen molar-refractivity contribution < 1.29 is 12.8 Å². The maximum atomic E-state index is 11.3. The van der Waals surface area contributed by atoms with E-state index in [4.69, 9.17) is 4.42 Å². The number of aromatic nitrogens is 2. The first-order valence-corrected chi connectivity index (χ1v) is 7.77. The Morgan fingerprint density at radius 2 is 2.06 bits per heavy atom. The van der Waals surface area contributed by atoms with Gasteiger partial charge in [-0.15, -0.1) is 10.2 Å². The van der Waals surface area contributed by atoms with Crippen LogP contribution in [-0.4, -0.2) is 48.3 Å². The van der Waals surface area contributed by atoms with Crippen LogP contribution in [-0.2, 0) is 16.6 Å². The van der Waals surface area contributed by atoms with Gasteiger partial charge < -0.3 is 9.73 Å². The highest BCUT2D eigenvalue weighted by Gasteiger charge is 2.24. The van der Waals surface area contributed by atoms with Crippen LogP contribution in [0.1, 0.15) is 24.6 Å². The summed E-state index contributed by atoms with van der Waals surface area (Å²) >= 11 is 0. The summed E-state index contributed by atoms with van der Waals surface area (Å²) in [5.41, 5.74) is 0. The Labute approximate surface area is 107 Å². The molecule has 0 bridgehead atoms. The molecule has 8 heteroatoms. The maximum Gasteiger partial charge on any atom is 0.230 e. The third-order valence-electron chi connectivity index (χ3n) is 3.03. The van der Waals surface area contributed by atoms with Gasteiger partial charge in [-0.2, -0.15) is 0 Å². The van der Waals surface area contributed by atoms with Gasteiger partial charge in [-0.3, -0.25) is 0 Å². The maximum absolute atomic E-state index is 11.3. The second-order valence-electron chi connectivity index (χ2n) is 4.53. The molecule has 1 saturated heterocycles. The van der Waals surface area contributed by atoms with Gasteiger partial charge in [0.25, 0.3) is 0 Å². The number of nitrogens with one attached hydrogen (secondary N) is 1. The van der Waals surface area contributed by atoms with Crippen molar-refractivity contribution in [2.75, 3.05) is 19.3 Å². The molecule has 0 aliphatic carbocycles. The molecule has 7 nitrogen and oxygen atoms in total. The van der Waals surface area contributed by atoms with Crippen LogP contribution in [0.25, 0.3) is 0 Å². The van der Waals surface area contributed by atoms with Crippen LogP contribution in [0, 0.1) is 6.92 Å². The molecule has 1 fully saturated rings. The molecular formula is C10H18N4O3S. The lowest BCUT2D eigenvalue weighted by Gasteiger charge is -2.30. The number of sulfonamides is 1. The molecular weight excluding hydrogens is 256 g/mol. The second kappa shape index (κ2) is 5.33. The van der Waals surface area contributed by atoms with Gasteiger partial charge in [0.2, 0.25) is 21.8 Å². The number of rotatable bonds is 4. The minimum absolute atomic E-state index is 0.301. The standard InChI is InChI=1S/C10H18N4O3S/c1-8-12-13-10(17-8)7-11-9-3-5-14(6-4-9)18(2,15)16/h9,11H,3-7H2,1-2H3. The average Bonchev–Trinajstić information content (AvgIpc) is 2.72. The van der Waals surface area contributed by atoms with Crippen molar-refractivity contribution in [2.24, 2.45) is 0 Å². The molecule has 1 aromatic rings. The zero-order valence-corrected chi connectivity index (χ0v) is 11.4. The van der Waals surface area contributed by atoms with E-state index in [0.29, 0.717) is 37.5 Å². The highest BCUT2D eigenvalue weighted by atomic mass is 32.2. The summed E-state index contributed by atoms with van der Waals surface area (Å²) in [5, 5.41) is 11.0. The lowest BCUT2D eigenvalue weighted by Crippen LogP contribution is -2.44. The highest BCUT2D eigenvalue weighted by molar-refractivity contribution is 7.88. The van der Waals surface area contributed by atoms with E-state index in [1.807, 2.05) is 0 Å². The summed E-state index contributed by atoms with van der Waals surface area (Å²) < 4.78 is 29.5. The van der Waals surface area contributed by atoms with E-state index < -0.39 is 10.0 Å². The van der Waals surface area contributed by atoms with Crippen molar-refractivity contribution in [1.29, 1.82) is 0 Å². The Morgan fingerprint density at radius 1 is 1.39 bits per heavy atom. The molecule has 0 aromatic carbocycles. The fraction of sp³-hybridized carbons (Fsp3) is 0.800. The lowest BCUT2D eigenvalue weighted by molar-refractivity contribution is 0.283. The van der Waals surface area contributed by atoms with Gasteiger partial charge in [-0.1, -0.05) is 0 Å². The summed E-state index contributed by atoms with van der Waals surface area (Å²) in [4.78, 5) is 0. The Hall–Kier alpha value is -0.990. The van der Waals surface area contributed by atoms with E-state index in [1.54, 1.807) is 6.92 Å². The molecule has 1 N–H and O–H groups in total. The summed E-state index contributed by atoms with van der Waals surface area (Å²) in [5.74, 6) is 1.12. The molecule has 2 heterocycles. The Morgan fingerprint density at radius 3 is 2.56 bits per heavy atom. The minimum Gasteiger partial charge on any atom is -0.424 e. The van der Waals surface area contributed by atoms with Gasteiger partial charge in [0.15, 0.2) is 0 Å². The highest BCUT2D eigenvalue weighted by Crippen LogP contribution is 2.13. The van der Waals surface area contributed by atoms with Gasteiger partial charge in [0, 0.05) is 26.1 Å². The van der Waals surface area contributed by atoms with Crippen LogP contribution in [0.5, 0.6) is 0 Å². The first kappa shape index (κ1) is 13.4. The topological polar surface area (TPSA) is 88.3 Å². The van der Waals surface area contributed by atoms with E-state index in [1.165, 1.54) is 10.6 Å². The van der Waals surface area contributed by atoms with Crippen LogP contribution in [0.15, 0.2) is 4.42 Å². The number of nitrogens with zero attached hydrogens (tertiary/aromatic N) is 3. The predicted molar refractivity (Wildman–Crippen MR) is 65.3 cm³/mol. The fourth-order valence-corrected chi connectivity index (χ4v) is 2.91. The molecule has 0 saturated carbocycles. The van der Waals surface area contributed by atoms with Gasteiger partial charge in [-0.25, -0.2) is 12.7 Å². The van der Waals surface area contributed by atoms with Crippen LogP contribution < -0.4 is 5.32 Å². The largest absolute Gasteiger partial charge is 0.424 e. The molecule has 0 amide bonds.